The van der Waals surface area contributed by atoms with Crippen LogP contribution in [0.15, 0.2) is 18.2 Å². The molecule has 0 radical (unpaired) electrons. The third-order valence-electron chi connectivity index (χ3n) is 6.28. The van der Waals surface area contributed by atoms with Crippen molar-refractivity contribution in [1.82, 2.24) is 9.80 Å². The zero-order valence-electron chi connectivity index (χ0n) is 16.9. The van der Waals surface area contributed by atoms with Crippen LogP contribution in [0.5, 0.6) is 5.75 Å². The van der Waals surface area contributed by atoms with Crippen LogP contribution in [0.4, 0.5) is 0 Å². The third kappa shape index (κ3) is 3.62. The van der Waals surface area contributed by atoms with Gasteiger partial charge in [-0.05, 0) is 77.7 Å². The Kier molecular flexibility index (Phi) is 5.91. The number of carbonyl (C=O) groups is 1. The summed E-state index contributed by atoms with van der Waals surface area (Å²) >= 11 is 0. The van der Waals surface area contributed by atoms with E-state index in [9.17, 15) is 4.79 Å². The van der Waals surface area contributed by atoms with Crippen LogP contribution in [-0.4, -0.2) is 54.5 Å². The highest BCUT2D eigenvalue weighted by Crippen LogP contribution is 2.46. The highest BCUT2D eigenvalue weighted by molar-refractivity contribution is 5.94. The Hall–Kier alpha value is -1.55. The number of amides is 1. The smallest absolute Gasteiger partial charge is 0.253 e. The minimum absolute atomic E-state index is 0.150. The summed E-state index contributed by atoms with van der Waals surface area (Å²) in [5, 5.41) is 0. The number of benzene rings is 1. The molecule has 1 amide bonds. The van der Waals surface area contributed by atoms with Crippen LogP contribution in [-0.2, 0) is 5.41 Å². The standard InChI is InChI=1S/C22H34N2O2/c1-5-12-23(6-2)21(25)18-7-8-20-19(16-18)22(11-15-26-20)9-13-24(14-10-22)17(3)4/h7-8,16-17H,5-6,9-15H2,1-4H3. The van der Waals surface area contributed by atoms with Crippen molar-refractivity contribution >= 4 is 5.91 Å². The second kappa shape index (κ2) is 7.99. The lowest BCUT2D eigenvalue weighted by atomic mass is 9.69. The van der Waals surface area contributed by atoms with Gasteiger partial charge in [-0.3, -0.25) is 4.79 Å². The van der Waals surface area contributed by atoms with Gasteiger partial charge in [0.15, 0.2) is 0 Å². The van der Waals surface area contributed by atoms with E-state index in [0.29, 0.717) is 6.04 Å². The number of likely N-dealkylation sites (tertiary alicyclic amines) is 1. The molecule has 1 aromatic carbocycles. The van der Waals surface area contributed by atoms with Gasteiger partial charge in [-0.15, -0.1) is 0 Å². The second-order valence-electron chi connectivity index (χ2n) is 8.10. The largest absolute Gasteiger partial charge is 0.493 e. The first-order chi connectivity index (χ1) is 12.5. The van der Waals surface area contributed by atoms with E-state index in [4.69, 9.17) is 4.74 Å². The normalized spacial score (nSPS) is 19.3. The molecule has 1 fully saturated rings. The molecule has 144 valence electrons. The van der Waals surface area contributed by atoms with Crippen molar-refractivity contribution in [3.63, 3.8) is 0 Å². The molecule has 1 saturated heterocycles. The van der Waals surface area contributed by atoms with E-state index in [0.717, 1.165) is 69.8 Å². The summed E-state index contributed by atoms with van der Waals surface area (Å²) in [5.74, 6) is 1.14. The number of nitrogens with zero attached hydrogens (tertiary/aromatic N) is 2. The molecular formula is C22H34N2O2. The SMILES string of the molecule is CCCN(CC)C(=O)c1ccc2c(c1)C1(CCO2)CCN(C(C)C)CC1. The molecule has 0 bridgehead atoms. The van der Waals surface area contributed by atoms with E-state index in [-0.39, 0.29) is 11.3 Å². The lowest BCUT2D eigenvalue weighted by Crippen LogP contribution is -2.47. The average Bonchev–Trinajstić information content (AvgIpc) is 2.66. The van der Waals surface area contributed by atoms with E-state index in [1.165, 1.54) is 5.56 Å². The van der Waals surface area contributed by atoms with Crippen molar-refractivity contribution in [1.29, 1.82) is 0 Å². The van der Waals surface area contributed by atoms with Gasteiger partial charge in [0.25, 0.3) is 5.91 Å². The van der Waals surface area contributed by atoms with E-state index >= 15 is 0 Å². The molecule has 26 heavy (non-hydrogen) atoms. The van der Waals surface area contributed by atoms with Crippen molar-refractivity contribution in [2.75, 3.05) is 32.8 Å². The Bertz CT molecular complexity index is 633. The predicted molar refractivity (Wildman–Crippen MR) is 106 cm³/mol. The highest BCUT2D eigenvalue weighted by atomic mass is 16.5. The van der Waals surface area contributed by atoms with Crippen LogP contribution in [0.1, 0.15) is 69.3 Å². The fourth-order valence-corrected chi connectivity index (χ4v) is 4.54. The van der Waals surface area contributed by atoms with Gasteiger partial charge in [0, 0.05) is 35.7 Å². The first-order valence-corrected chi connectivity index (χ1v) is 10.3. The maximum Gasteiger partial charge on any atom is 0.253 e. The molecule has 4 nitrogen and oxygen atoms in total. The van der Waals surface area contributed by atoms with Gasteiger partial charge in [0.1, 0.15) is 5.75 Å². The Morgan fingerprint density at radius 1 is 1.23 bits per heavy atom. The van der Waals surface area contributed by atoms with Crippen LogP contribution in [0.25, 0.3) is 0 Å². The highest BCUT2D eigenvalue weighted by Gasteiger charge is 2.41. The summed E-state index contributed by atoms with van der Waals surface area (Å²) in [4.78, 5) is 17.4. The second-order valence-corrected chi connectivity index (χ2v) is 8.10. The fourth-order valence-electron chi connectivity index (χ4n) is 4.54. The fraction of sp³-hybridized carbons (Fsp3) is 0.682. The van der Waals surface area contributed by atoms with E-state index in [1.807, 2.05) is 17.0 Å². The molecule has 3 rings (SSSR count). The molecule has 0 saturated carbocycles. The van der Waals surface area contributed by atoms with E-state index in [2.05, 4.69) is 38.7 Å². The van der Waals surface area contributed by atoms with Gasteiger partial charge in [-0.2, -0.15) is 0 Å². The number of fused-ring (bicyclic) bond motifs is 2. The Morgan fingerprint density at radius 3 is 2.58 bits per heavy atom. The Morgan fingerprint density at radius 2 is 1.96 bits per heavy atom. The van der Waals surface area contributed by atoms with Crippen LogP contribution in [0, 0.1) is 0 Å². The van der Waals surface area contributed by atoms with Gasteiger partial charge in [0.2, 0.25) is 0 Å². The molecule has 0 N–H and O–H groups in total. The molecule has 0 aliphatic carbocycles. The Labute approximate surface area is 158 Å². The quantitative estimate of drug-likeness (QED) is 0.795. The minimum atomic E-state index is 0.150. The summed E-state index contributed by atoms with van der Waals surface area (Å²) in [6.45, 7) is 13.4. The van der Waals surface area contributed by atoms with Crippen molar-refractivity contribution in [2.45, 2.75) is 64.8 Å². The molecule has 2 aliphatic heterocycles. The summed E-state index contributed by atoms with van der Waals surface area (Å²) in [5.41, 5.74) is 2.26. The zero-order valence-corrected chi connectivity index (χ0v) is 16.9. The molecule has 1 spiro atoms. The monoisotopic (exact) mass is 358 g/mol. The van der Waals surface area contributed by atoms with E-state index < -0.39 is 0 Å². The van der Waals surface area contributed by atoms with Crippen molar-refractivity contribution in [2.24, 2.45) is 0 Å². The maximum atomic E-state index is 12.9. The number of hydrogen-bond donors (Lipinski definition) is 0. The predicted octanol–water partition coefficient (Wildman–Crippen LogP) is 4.08. The topological polar surface area (TPSA) is 32.8 Å². The lowest BCUT2D eigenvalue weighted by molar-refractivity contribution is 0.0762. The summed E-state index contributed by atoms with van der Waals surface area (Å²) < 4.78 is 5.96. The number of carbonyl (C=O) groups excluding carboxylic acids is 1. The first kappa shape index (κ1) is 19.2. The van der Waals surface area contributed by atoms with Crippen molar-refractivity contribution < 1.29 is 9.53 Å². The molecule has 0 atom stereocenters. The molecule has 0 unspecified atom stereocenters. The van der Waals surface area contributed by atoms with Gasteiger partial charge in [0.05, 0.1) is 6.61 Å². The van der Waals surface area contributed by atoms with Crippen molar-refractivity contribution in [3.05, 3.63) is 29.3 Å². The van der Waals surface area contributed by atoms with Gasteiger partial charge >= 0.3 is 0 Å². The summed E-state index contributed by atoms with van der Waals surface area (Å²) in [6, 6.07) is 6.71. The molecule has 2 heterocycles. The number of hydrogen-bond acceptors (Lipinski definition) is 3. The van der Waals surface area contributed by atoms with Crippen LogP contribution in [0.2, 0.25) is 0 Å². The summed E-state index contributed by atoms with van der Waals surface area (Å²) in [7, 11) is 0. The number of ether oxygens (including phenoxy) is 1. The Balaban J connectivity index is 1.88. The molecule has 4 heteroatoms. The van der Waals surface area contributed by atoms with Crippen LogP contribution in [0.3, 0.4) is 0 Å². The van der Waals surface area contributed by atoms with Gasteiger partial charge in [-0.1, -0.05) is 6.92 Å². The number of piperidine rings is 1. The van der Waals surface area contributed by atoms with Crippen molar-refractivity contribution in [3.8, 4) is 5.75 Å². The van der Waals surface area contributed by atoms with Gasteiger partial charge < -0.3 is 14.5 Å². The average molecular weight is 359 g/mol. The zero-order chi connectivity index (χ0) is 18.7. The molecular weight excluding hydrogens is 324 g/mol. The molecule has 1 aromatic rings. The maximum absolute atomic E-state index is 12.9. The third-order valence-corrected chi connectivity index (χ3v) is 6.28. The van der Waals surface area contributed by atoms with E-state index in [1.54, 1.807) is 0 Å². The van der Waals surface area contributed by atoms with Crippen LogP contribution >= 0.6 is 0 Å². The summed E-state index contributed by atoms with van der Waals surface area (Å²) in [6.07, 6.45) is 4.37. The minimum Gasteiger partial charge on any atom is -0.493 e. The molecule has 2 aliphatic rings. The van der Waals surface area contributed by atoms with Crippen LogP contribution < -0.4 is 4.74 Å². The first-order valence-electron chi connectivity index (χ1n) is 10.3. The van der Waals surface area contributed by atoms with Gasteiger partial charge in [-0.25, -0.2) is 0 Å². The number of rotatable bonds is 5. The molecule has 0 aromatic heterocycles. The lowest BCUT2D eigenvalue weighted by Gasteiger charge is -2.46.